The summed E-state index contributed by atoms with van der Waals surface area (Å²) in [5.41, 5.74) is -1.81. The summed E-state index contributed by atoms with van der Waals surface area (Å²) in [6.07, 6.45) is -0.673. The number of non-ortho nitro benzene ring substituents is 1. The molecule has 52 heteroatoms. The van der Waals surface area contributed by atoms with Gasteiger partial charge in [-0.05, 0) is 142 Å². The van der Waals surface area contributed by atoms with Crippen LogP contribution in [0.15, 0.2) is 156 Å². The lowest BCUT2D eigenvalue weighted by atomic mass is 10.1. The van der Waals surface area contributed by atoms with Crippen LogP contribution in [0.3, 0.4) is 0 Å². The van der Waals surface area contributed by atoms with Gasteiger partial charge in [0.15, 0.2) is 11.3 Å². The van der Waals surface area contributed by atoms with E-state index < -0.39 is 162 Å². The maximum absolute atomic E-state index is 12.4. The number of rotatable bonds is 35. The van der Waals surface area contributed by atoms with E-state index in [0.29, 0.717) is 6.07 Å². The summed E-state index contributed by atoms with van der Waals surface area (Å²) >= 11 is 1.87. The number of benzene rings is 6. The molecule has 3 heterocycles. The number of nitrogens with zero attached hydrogens (tertiary/aromatic N) is 15. The predicted molar refractivity (Wildman–Crippen MR) is 404 cm³/mol. The highest BCUT2D eigenvalue weighted by Gasteiger charge is 2.27. The fraction of sp³-hybridized carbons (Fsp3) is 0.250. The molecule has 594 valence electrons. The van der Waals surface area contributed by atoms with E-state index in [2.05, 4.69) is 76.8 Å². The van der Waals surface area contributed by atoms with Crippen LogP contribution in [0.25, 0.3) is 16.7 Å². The molecule has 112 heavy (non-hydrogen) atoms. The Labute approximate surface area is 644 Å². The molecule has 3 aromatic heterocycles. The molecule has 43 nitrogen and oxygen atoms in total. The number of fused-ring (bicyclic) bond motifs is 3. The average Bonchev–Trinajstić information content (AvgIpc) is 1.56. The molecule has 0 saturated carbocycles. The maximum Gasteiger partial charge on any atom is 0.297 e. The first kappa shape index (κ1) is 85.6. The van der Waals surface area contributed by atoms with Gasteiger partial charge in [0.2, 0.25) is 23.7 Å². The number of aryl methyl sites for hydroxylation is 3. The molecular weight excluding hydrogens is 1660 g/mol. The molecule has 0 aliphatic heterocycles. The number of imidazole rings is 1. The third-order valence-corrected chi connectivity index (χ3v) is 23.1. The fourth-order valence-electron chi connectivity index (χ4n) is 10.0. The highest BCUT2D eigenvalue weighted by molar-refractivity contribution is 7.99. The zero-order chi connectivity index (χ0) is 82.2. The fourth-order valence-corrected chi connectivity index (χ4v) is 15.9. The van der Waals surface area contributed by atoms with Crippen molar-refractivity contribution >= 4 is 191 Å². The van der Waals surface area contributed by atoms with Gasteiger partial charge < -0.3 is 25.8 Å². The van der Waals surface area contributed by atoms with Crippen molar-refractivity contribution in [1.82, 2.24) is 24.3 Å². The molecule has 0 spiro atoms. The van der Waals surface area contributed by atoms with Crippen molar-refractivity contribution in [2.45, 2.75) is 71.4 Å². The first-order chi connectivity index (χ1) is 52.2. The molecule has 9 aromatic rings. The van der Waals surface area contributed by atoms with Crippen molar-refractivity contribution < 1.29 is 106 Å². The van der Waals surface area contributed by atoms with E-state index >= 15 is 0 Å². The van der Waals surface area contributed by atoms with Gasteiger partial charge in [-0.25, -0.2) is 4.98 Å². The van der Waals surface area contributed by atoms with Crippen LogP contribution < -0.4 is 20.7 Å². The van der Waals surface area contributed by atoms with Crippen LogP contribution in [0.4, 0.5) is 80.4 Å². The highest BCUT2D eigenvalue weighted by Crippen LogP contribution is 2.46. The second-order valence-corrected chi connectivity index (χ2v) is 36.4. The second kappa shape index (κ2) is 34.7. The number of aromatic hydroxyl groups is 1. The first-order valence-electron chi connectivity index (χ1n) is 31.5. The van der Waals surface area contributed by atoms with Gasteiger partial charge in [0, 0.05) is 45.8 Å². The molecule has 0 saturated heterocycles. The van der Waals surface area contributed by atoms with Gasteiger partial charge in [-0.1, -0.05) is 6.07 Å². The zero-order valence-electron chi connectivity index (χ0n) is 57.8. The molecular formula is C60H60N18O25S9. The molecule has 0 aliphatic carbocycles. The van der Waals surface area contributed by atoms with Crippen molar-refractivity contribution in [3.8, 4) is 17.7 Å². The van der Waals surface area contributed by atoms with E-state index in [1.165, 1.54) is 76.2 Å². The van der Waals surface area contributed by atoms with Crippen LogP contribution in [0.5, 0.6) is 11.6 Å². The lowest BCUT2D eigenvalue weighted by Gasteiger charge is -2.15. The lowest BCUT2D eigenvalue weighted by molar-refractivity contribution is -0.385. The summed E-state index contributed by atoms with van der Waals surface area (Å²) in [5, 5.41) is 77.2. The number of azo groups is 4. The number of aromatic nitrogens is 5. The van der Waals surface area contributed by atoms with Gasteiger partial charge in [-0.3, -0.25) is 46.4 Å². The van der Waals surface area contributed by atoms with Gasteiger partial charge in [0.25, 0.3) is 76.5 Å². The van der Waals surface area contributed by atoms with E-state index in [9.17, 15) is 111 Å². The van der Waals surface area contributed by atoms with E-state index in [-0.39, 0.29) is 142 Å². The summed E-state index contributed by atoms with van der Waals surface area (Å²) in [4.78, 5) is 26.2. The summed E-state index contributed by atoms with van der Waals surface area (Å²) in [6, 6.07) is 19.2. The van der Waals surface area contributed by atoms with Gasteiger partial charge in [0.05, 0.1) is 78.1 Å². The van der Waals surface area contributed by atoms with Crippen LogP contribution in [0, 0.1) is 49.1 Å². The molecule has 0 fully saturated rings. The minimum absolute atomic E-state index is 0.0149. The Balaban J connectivity index is 1.23. The number of anilines is 5. The summed E-state index contributed by atoms with van der Waals surface area (Å²) in [7, 11) is -32.9. The molecule has 11 N–H and O–H groups in total. The monoisotopic (exact) mass is 1720 g/mol. The number of nitrogens with one attached hydrogen (secondary N) is 3. The van der Waals surface area contributed by atoms with E-state index in [4.69, 9.17) is 4.74 Å². The number of pyridine rings is 1. The number of nitro groups is 1. The van der Waals surface area contributed by atoms with Crippen molar-refractivity contribution in [1.29, 1.82) is 5.26 Å². The smallest absolute Gasteiger partial charge is 0.297 e. The summed E-state index contributed by atoms with van der Waals surface area (Å²) < 4.78 is 244. The average molecular weight is 1720 g/mol. The topological polar surface area (TPSA) is 668 Å². The van der Waals surface area contributed by atoms with Crippen LogP contribution in [-0.2, 0) is 70.8 Å². The van der Waals surface area contributed by atoms with Crippen molar-refractivity contribution in [2.75, 3.05) is 63.6 Å². The summed E-state index contributed by atoms with van der Waals surface area (Å²) in [6.45, 7) is 4.91. The number of nitro benzene ring substituents is 1. The lowest BCUT2D eigenvalue weighted by Crippen LogP contribution is -2.17. The third kappa shape index (κ3) is 23.4. The van der Waals surface area contributed by atoms with E-state index in [0.717, 1.165) is 64.3 Å². The molecule has 0 unspecified atom stereocenters. The second-order valence-electron chi connectivity index (χ2n) is 23.6. The van der Waals surface area contributed by atoms with Crippen LogP contribution in [0.2, 0.25) is 0 Å². The Bertz CT molecular complexity index is 6310. The standard InChI is InChI=1S/C60H60N18O25S9/c1-32-22-46(73-76-54-35(4)40(31-61)56-64-49-26-39(111(97,98)99)21-34(3)55(49)77(56)57(54)79)50(103-14-6-17-106(82,83)84)28-42(32)70-75-48-27-44(65-60-67-58(62-13-20-109(91,92)93)66-59(68-60)63-36-9-5-10-38(24-36)110(94,95)96)45(30-52(48)105-16-8-19-108(88,89)90)72-74-47-23-33(2)43(29-51(47)104-15-7-18-107(85,86)87)71-69-41-12-11-37(78(80)81)25-53(41)112(100,101)102/h5,9-12,21-30,79H,6-8,13-20H2,1-4H3,(H,82,83,84)(H,85,86,87)(H,88,89,90)(H,91,92,93)(H,94,95,96)(H,97,98,99)(H,100,101,102)(H3,62,63,65,66,67,68). The Hall–Kier alpha value is -10.4. The number of ether oxygens (including phenoxy) is 1. The SMILES string of the molecule is Cc1cc(N=Nc2c(C)c(C#N)c3nc4cc(S(=O)(=O)O)cc(C)c4n3c2O)c(OCCCS(=O)(=O)O)cc1N=Nc1cc(Nc2nc(NCCS(=O)(=O)O)nc(Nc3cccc(S(=O)(=O)O)c3)n2)c(N=Nc2cc(C)c(N=Nc3ccc([N+](=O)[O-])cc3S(=O)(=O)O)cc2SCCCS(=O)(=O)O)cc1SCCCS(=O)(=O)O. The van der Waals surface area contributed by atoms with Gasteiger partial charge in [0.1, 0.15) is 45.0 Å². The van der Waals surface area contributed by atoms with Crippen molar-refractivity contribution in [3.63, 3.8) is 0 Å². The van der Waals surface area contributed by atoms with E-state index in [1.54, 1.807) is 0 Å². The van der Waals surface area contributed by atoms with Gasteiger partial charge in [-0.2, -0.15) is 89.4 Å². The van der Waals surface area contributed by atoms with Crippen LogP contribution >= 0.6 is 23.5 Å². The Kier molecular flexibility index (Phi) is 26.5. The van der Waals surface area contributed by atoms with E-state index in [1.807, 2.05) is 6.07 Å². The third-order valence-electron chi connectivity index (χ3n) is 15.1. The molecule has 0 bridgehead atoms. The van der Waals surface area contributed by atoms with Gasteiger partial charge in [-0.15, -0.1) is 54.2 Å². The predicted octanol–water partition coefficient (Wildman–Crippen LogP) is 12.0. The minimum atomic E-state index is -5.15. The first-order valence-corrected chi connectivity index (χ1v) is 44.2. The van der Waals surface area contributed by atoms with Gasteiger partial charge >= 0.3 is 0 Å². The Morgan fingerprint density at radius 2 is 1.06 bits per heavy atom. The highest BCUT2D eigenvalue weighted by atomic mass is 32.2. The zero-order valence-corrected chi connectivity index (χ0v) is 65.2. The van der Waals surface area contributed by atoms with Crippen LogP contribution in [-0.4, -0.2) is 173 Å². The Morgan fingerprint density at radius 1 is 0.536 bits per heavy atom. The largest absolute Gasteiger partial charge is 0.493 e. The quantitative estimate of drug-likeness (QED) is 0.00439. The number of hydrogen-bond donors (Lipinski definition) is 11. The maximum atomic E-state index is 12.4. The number of hydrogen-bond acceptors (Lipinski definition) is 36. The minimum Gasteiger partial charge on any atom is -0.493 e. The number of thioether (sulfide) groups is 2. The normalized spacial score (nSPS) is 12.8. The van der Waals surface area contributed by atoms with Crippen molar-refractivity contribution in [2.24, 2.45) is 40.9 Å². The van der Waals surface area contributed by atoms with Crippen LogP contribution in [0.1, 0.15) is 47.1 Å². The summed E-state index contributed by atoms with van der Waals surface area (Å²) in [5.74, 6) is -5.36. The van der Waals surface area contributed by atoms with Crippen molar-refractivity contribution in [3.05, 3.63) is 129 Å². The molecule has 9 rings (SSSR count). The molecule has 0 amide bonds. The molecule has 6 aromatic carbocycles. The number of nitriles is 1. The molecule has 0 atom stereocenters. The molecule has 0 radical (unpaired) electrons. The Morgan fingerprint density at radius 3 is 1.64 bits per heavy atom. The molecule has 0 aliphatic rings.